The van der Waals surface area contributed by atoms with Crippen LogP contribution in [0.5, 0.6) is 0 Å². The minimum absolute atomic E-state index is 0.0286. The van der Waals surface area contributed by atoms with Crippen molar-refractivity contribution in [3.63, 3.8) is 0 Å². The molecule has 0 aliphatic carbocycles. The Labute approximate surface area is 140 Å². The van der Waals surface area contributed by atoms with Crippen molar-refractivity contribution in [1.82, 2.24) is 15.2 Å². The number of aromatic nitrogens is 3. The Kier molecular flexibility index (Phi) is 4.14. The van der Waals surface area contributed by atoms with Crippen molar-refractivity contribution < 1.29 is 26.4 Å². The van der Waals surface area contributed by atoms with Gasteiger partial charge in [0.05, 0.1) is 11.4 Å². The summed E-state index contributed by atoms with van der Waals surface area (Å²) in [6, 6.07) is 5.76. The van der Waals surface area contributed by atoms with Gasteiger partial charge < -0.3 is 0 Å². The van der Waals surface area contributed by atoms with E-state index in [-0.39, 0.29) is 11.3 Å². The molecule has 1 saturated heterocycles. The standard InChI is InChI=1S/C13H12F3N5O3S/c14-13(15,16)11-18-12(20-19-11)17-10(22)8-3-1-4-9(7-8)21-5-2-6-25(21,23)24/h1,3-4,7H,2,5-6H2,(H2,17,18,19,20,22). The fraction of sp³-hybridized carbons (Fsp3) is 0.308. The highest BCUT2D eigenvalue weighted by Crippen LogP contribution is 2.27. The molecule has 8 nitrogen and oxygen atoms in total. The summed E-state index contributed by atoms with van der Waals surface area (Å²) in [7, 11) is -3.41. The first-order chi connectivity index (χ1) is 11.7. The van der Waals surface area contributed by atoms with Crippen LogP contribution in [-0.4, -0.2) is 41.8 Å². The van der Waals surface area contributed by atoms with Gasteiger partial charge in [-0.1, -0.05) is 6.07 Å². The summed E-state index contributed by atoms with van der Waals surface area (Å²) in [6.45, 7) is 0.309. The van der Waals surface area contributed by atoms with E-state index in [4.69, 9.17) is 0 Å². The minimum Gasteiger partial charge on any atom is -0.289 e. The maximum Gasteiger partial charge on any atom is 0.451 e. The summed E-state index contributed by atoms with van der Waals surface area (Å²) in [5, 5.41) is 7.09. The van der Waals surface area contributed by atoms with Crippen molar-refractivity contribution >= 4 is 27.6 Å². The molecule has 3 rings (SSSR count). The van der Waals surface area contributed by atoms with E-state index in [1.54, 1.807) is 5.10 Å². The molecule has 12 heteroatoms. The maximum absolute atomic E-state index is 12.5. The lowest BCUT2D eigenvalue weighted by atomic mass is 10.2. The number of carbonyl (C=O) groups excluding carboxylic acids is 1. The van der Waals surface area contributed by atoms with Gasteiger partial charge in [0.2, 0.25) is 21.8 Å². The number of amides is 1. The highest BCUT2D eigenvalue weighted by molar-refractivity contribution is 7.93. The third-order valence-corrected chi connectivity index (χ3v) is 5.34. The van der Waals surface area contributed by atoms with Gasteiger partial charge in [0.25, 0.3) is 5.91 Å². The van der Waals surface area contributed by atoms with E-state index in [1.165, 1.54) is 28.6 Å². The molecule has 134 valence electrons. The lowest BCUT2D eigenvalue weighted by Crippen LogP contribution is -2.25. The average Bonchev–Trinajstić information content (AvgIpc) is 3.13. The van der Waals surface area contributed by atoms with Crippen LogP contribution in [0.2, 0.25) is 0 Å². The van der Waals surface area contributed by atoms with Gasteiger partial charge in [-0.3, -0.25) is 19.5 Å². The summed E-state index contributed by atoms with van der Waals surface area (Å²) in [4.78, 5) is 15.3. The lowest BCUT2D eigenvalue weighted by molar-refractivity contribution is -0.144. The number of carbonyl (C=O) groups is 1. The Hall–Kier alpha value is -2.63. The molecule has 1 aromatic heterocycles. The van der Waals surface area contributed by atoms with E-state index in [1.807, 2.05) is 0 Å². The first-order valence-corrected chi connectivity index (χ1v) is 8.69. The fourth-order valence-corrected chi connectivity index (χ4v) is 3.91. The van der Waals surface area contributed by atoms with Crippen LogP contribution in [0.3, 0.4) is 0 Å². The second kappa shape index (κ2) is 6.02. The van der Waals surface area contributed by atoms with Crippen LogP contribution < -0.4 is 9.62 Å². The van der Waals surface area contributed by atoms with Crippen LogP contribution in [0.4, 0.5) is 24.8 Å². The van der Waals surface area contributed by atoms with E-state index in [9.17, 15) is 26.4 Å². The van der Waals surface area contributed by atoms with Gasteiger partial charge in [-0.25, -0.2) is 8.42 Å². The van der Waals surface area contributed by atoms with Crippen molar-refractivity contribution in [1.29, 1.82) is 0 Å². The van der Waals surface area contributed by atoms with Gasteiger partial charge in [-0.05, 0) is 24.6 Å². The molecule has 0 saturated carbocycles. The zero-order chi connectivity index (χ0) is 18.2. The quantitative estimate of drug-likeness (QED) is 0.848. The lowest BCUT2D eigenvalue weighted by Gasteiger charge is -2.17. The normalized spacial score (nSPS) is 16.8. The van der Waals surface area contributed by atoms with Gasteiger partial charge in [0.15, 0.2) is 0 Å². The number of H-pyrrole nitrogens is 1. The van der Waals surface area contributed by atoms with E-state index in [0.717, 1.165) is 0 Å². The number of benzene rings is 1. The predicted molar refractivity (Wildman–Crippen MR) is 81.5 cm³/mol. The van der Waals surface area contributed by atoms with Crippen LogP contribution in [-0.2, 0) is 16.2 Å². The largest absolute Gasteiger partial charge is 0.451 e. The zero-order valence-electron chi connectivity index (χ0n) is 12.5. The van der Waals surface area contributed by atoms with Gasteiger partial charge >= 0.3 is 6.18 Å². The molecule has 1 amide bonds. The molecule has 1 aliphatic rings. The fourth-order valence-electron chi connectivity index (χ4n) is 2.35. The molecule has 0 atom stereocenters. The van der Waals surface area contributed by atoms with Crippen LogP contribution in [0.25, 0.3) is 0 Å². The van der Waals surface area contributed by atoms with Crippen molar-refractivity contribution in [2.75, 3.05) is 21.9 Å². The Bertz CT molecular complexity index is 910. The number of hydrogen-bond donors (Lipinski definition) is 2. The molecule has 25 heavy (non-hydrogen) atoms. The van der Waals surface area contributed by atoms with Crippen LogP contribution in [0, 0.1) is 0 Å². The summed E-state index contributed by atoms with van der Waals surface area (Å²) in [6.07, 6.45) is -4.23. The number of nitrogens with zero attached hydrogens (tertiary/aromatic N) is 3. The first kappa shape index (κ1) is 17.2. The Morgan fingerprint density at radius 2 is 2.08 bits per heavy atom. The number of sulfonamides is 1. The Morgan fingerprint density at radius 3 is 2.68 bits per heavy atom. The summed E-state index contributed by atoms with van der Waals surface area (Å²) >= 11 is 0. The van der Waals surface area contributed by atoms with Gasteiger partial charge in [0, 0.05) is 12.1 Å². The molecule has 0 radical (unpaired) electrons. The zero-order valence-corrected chi connectivity index (χ0v) is 13.4. The highest BCUT2D eigenvalue weighted by atomic mass is 32.2. The monoisotopic (exact) mass is 375 g/mol. The summed E-state index contributed by atoms with van der Waals surface area (Å²) < 4.78 is 62.4. The number of rotatable bonds is 3. The number of nitrogens with one attached hydrogen (secondary N) is 2. The third-order valence-electron chi connectivity index (χ3n) is 3.47. The molecule has 0 unspecified atom stereocenters. The van der Waals surface area contributed by atoms with Crippen LogP contribution in [0.15, 0.2) is 24.3 Å². The number of alkyl halides is 3. The number of anilines is 2. The van der Waals surface area contributed by atoms with Gasteiger partial charge in [-0.15, -0.1) is 5.10 Å². The number of hydrogen-bond acceptors (Lipinski definition) is 5. The minimum atomic E-state index is -4.71. The van der Waals surface area contributed by atoms with Crippen molar-refractivity contribution in [3.8, 4) is 0 Å². The molecular formula is C13H12F3N5O3S. The van der Waals surface area contributed by atoms with Crippen molar-refractivity contribution in [2.45, 2.75) is 12.6 Å². The molecule has 1 fully saturated rings. The van der Waals surface area contributed by atoms with Crippen molar-refractivity contribution in [2.24, 2.45) is 0 Å². The molecule has 2 heterocycles. The first-order valence-electron chi connectivity index (χ1n) is 7.08. The molecule has 1 aromatic carbocycles. The second-order valence-electron chi connectivity index (χ2n) is 5.25. The molecule has 2 N–H and O–H groups in total. The third kappa shape index (κ3) is 3.57. The molecule has 2 aromatic rings. The predicted octanol–water partition coefficient (Wildman–Crippen LogP) is 1.62. The Balaban J connectivity index is 1.79. The second-order valence-corrected chi connectivity index (χ2v) is 7.26. The molecule has 1 aliphatic heterocycles. The smallest absolute Gasteiger partial charge is 0.289 e. The SMILES string of the molecule is O=C(Nc1n[nH]c(C(F)(F)F)n1)c1cccc(N2CCCS2(=O)=O)c1. The van der Waals surface area contributed by atoms with Crippen molar-refractivity contribution in [3.05, 3.63) is 35.7 Å². The van der Waals surface area contributed by atoms with E-state index >= 15 is 0 Å². The molecule has 0 spiro atoms. The van der Waals surface area contributed by atoms with E-state index in [2.05, 4.69) is 15.4 Å². The van der Waals surface area contributed by atoms with Crippen LogP contribution >= 0.6 is 0 Å². The Morgan fingerprint density at radius 1 is 1.32 bits per heavy atom. The number of aromatic amines is 1. The maximum atomic E-state index is 12.5. The molecular weight excluding hydrogens is 363 g/mol. The molecule has 0 bridgehead atoms. The van der Waals surface area contributed by atoms with Gasteiger partial charge in [-0.2, -0.15) is 18.2 Å². The summed E-state index contributed by atoms with van der Waals surface area (Å²) in [5.41, 5.74) is 0.383. The van der Waals surface area contributed by atoms with Gasteiger partial charge in [0.1, 0.15) is 0 Å². The van der Waals surface area contributed by atoms with E-state index < -0.39 is 33.9 Å². The van der Waals surface area contributed by atoms with Crippen LogP contribution in [0.1, 0.15) is 22.6 Å². The van der Waals surface area contributed by atoms with E-state index in [0.29, 0.717) is 18.7 Å². The summed E-state index contributed by atoms with van der Waals surface area (Å²) in [5.74, 6) is -2.59. The topological polar surface area (TPSA) is 108 Å². The average molecular weight is 375 g/mol. The highest BCUT2D eigenvalue weighted by Gasteiger charge is 2.35. The number of halogens is 3.